The average molecular weight is 475 g/mol. The molecule has 0 aliphatic carbocycles. The van der Waals surface area contributed by atoms with Gasteiger partial charge >= 0.3 is 0 Å². The molecule has 0 bridgehead atoms. The van der Waals surface area contributed by atoms with Crippen molar-refractivity contribution in [2.45, 2.75) is 45.4 Å². The van der Waals surface area contributed by atoms with Crippen molar-refractivity contribution in [1.82, 2.24) is 15.5 Å². The van der Waals surface area contributed by atoms with Crippen LogP contribution in [0.5, 0.6) is 0 Å². The van der Waals surface area contributed by atoms with Gasteiger partial charge in [-0.1, -0.05) is 55.8 Å². The Balaban J connectivity index is 1.93. The number of carbonyl (C=O) groups is 3. The molecule has 3 N–H and O–H groups in total. The van der Waals surface area contributed by atoms with Gasteiger partial charge in [-0.25, -0.2) is 4.39 Å². The minimum absolute atomic E-state index is 0.0564. The largest absolute Gasteiger partial charge is 0.343 e. The summed E-state index contributed by atoms with van der Waals surface area (Å²) in [7, 11) is 1.65. The maximum absolute atomic E-state index is 14.3. The highest BCUT2D eigenvalue weighted by molar-refractivity contribution is 6.33. The zero-order chi connectivity index (χ0) is 24.3. The molecule has 2 aromatic rings. The normalized spacial score (nSPS) is 16.8. The van der Waals surface area contributed by atoms with Crippen molar-refractivity contribution in [3.8, 4) is 0 Å². The smallest absolute Gasteiger partial charge is 0.251 e. The first-order chi connectivity index (χ1) is 15.6. The van der Waals surface area contributed by atoms with Crippen molar-refractivity contribution in [2.75, 3.05) is 12.4 Å². The number of fused-ring (bicyclic) bond motifs is 1. The minimum Gasteiger partial charge on any atom is -0.343 e. The van der Waals surface area contributed by atoms with Crippen molar-refractivity contribution in [2.24, 2.45) is 5.92 Å². The highest BCUT2D eigenvalue weighted by Gasteiger charge is 2.42. The summed E-state index contributed by atoms with van der Waals surface area (Å²) < 4.78 is 14.3. The fraction of sp³-hybridized carbons (Fsp3) is 0.375. The quantitative estimate of drug-likeness (QED) is 0.574. The van der Waals surface area contributed by atoms with Crippen LogP contribution in [0.2, 0.25) is 5.02 Å². The van der Waals surface area contributed by atoms with Crippen LogP contribution in [0.25, 0.3) is 0 Å². The molecule has 3 rings (SSSR count). The maximum Gasteiger partial charge on any atom is 0.251 e. The zero-order valence-corrected chi connectivity index (χ0v) is 19.7. The second-order valence-electron chi connectivity index (χ2n) is 8.39. The first-order valence-corrected chi connectivity index (χ1v) is 11.1. The lowest BCUT2D eigenvalue weighted by molar-refractivity contribution is -0.143. The highest BCUT2D eigenvalue weighted by atomic mass is 35.5. The van der Waals surface area contributed by atoms with Crippen LogP contribution >= 0.6 is 11.6 Å². The first kappa shape index (κ1) is 24.7. The molecule has 0 aromatic heterocycles. The Morgan fingerprint density at radius 1 is 1.09 bits per heavy atom. The van der Waals surface area contributed by atoms with E-state index in [4.69, 9.17) is 11.6 Å². The molecule has 9 heteroatoms. The molecule has 7 nitrogen and oxygen atoms in total. The van der Waals surface area contributed by atoms with E-state index in [1.54, 1.807) is 26.1 Å². The lowest BCUT2D eigenvalue weighted by atomic mass is 10.0. The standard InChI is InChI=1S/C24H28ClFN4O3/c1-13(2)19(28-22(31)14(3)27-4)24(33)30-12-15-8-5-6-9-16(15)21(30)23(32)29-20-17(25)10-7-11-18(20)26/h5-11,13-14,19,21,27H,12H2,1-4H3,(H,28,31)(H,29,32)/t14-,19-,21-/m0/s1. The molecule has 1 heterocycles. The number of rotatable bonds is 7. The number of para-hydroxylation sites is 1. The van der Waals surface area contributed by atoms with Gasteiger partial charge in [0.25, 0.3) is 5.91 Å². The lowest BCUT2D eigenvalue weighted by Crippen LogP contribution is -2.55. The predicted octanol–water partition coefficient (Wildman–Crippen LogP) is 3.25. The molecular formula is C24H28ClFN4O3. The number of anilines is 1. The number of amides is 3. The molecule has 0 fully saturated rings. The molecule has 33 heavy (non-hydrogen) atoms. The molecule has 0 spiro atoms. The van der Waals surface area contributed by atoms with E-state index in [-0.39, 0.29) is 29.1 Å². The molecule has 3 amide bonds. The summed E-state index contributed by atoms with van der Waals surface area (Å²) in [6, 6.07) is 8.99. The van der Waals surface area contributed by atoms with E-state index in [0.717, 1.165) is 5.56 Å². The van der Waals surface area contributed by atoms with Crippen molar-refractivity contribution in [3.63, 3.8) is 0 Å². The third-order valence-electron chi connectivity index (χ3n) is 5.80. The average Bonchev–Trinajstić information content (AvgIpc) is 3.18. The summed E-state index contributed by atoms with van der Waals surface area (Å²) in [4.78, 5) is 40.9. The molecule has 176 valence electrons. The summed E-state index contributed by atoms with van der Waals surface area (Å²) in [5.41, 5.74) is 1.31. The third kappa shape index (κ3) is 5.17. The van der Waals surface area contributed by atoms with Gasteiger partial charge < -0.3 is 20.9 Å². The molecule has 0 unspecified atom stereocenters. The van der Waals surface area contributed by atoms with Crippen LogP contribution in [0.15, 0.2) is 42.5 Å². The van der Waals surface area contributed by atoms with Crippen LogP contribution < -0.4 is 16.0 Å². The van der Waals surface area contributed by atoms with Gasteiger partial charge in [0.1, 0.15) is 17.9 Å². The topological polar surface area (TPSA) is 90.5 Å². The van der Waals surface area contributed by atoms with Crippen molar-refractivity contribution in [1.29, 1.82) is 0 Å². The third-order valence-corrected chi connectivity index (χ3v) is 6.12. The van der Waals surface area contributed by atoms with E-state index in [1.165, 1.54) is 23.1 Å². The molecule has 1 aliphatic rings. The van der Waals surface area contributed by atoms with Gasteiger partial charge in [-0.2, -0.15) is 0 Å². The number of hydrogen-bond acceptors (Lipinski definition) is 4. The number of nitrogens with zero attached hydrogens (tertiary/aromatic N) is 1. The molecule has 3 atom stereocenters. The first-order valence-electron chi connectivity index (χ1n) is 10.8. The van der Waals surface area contributed by atoms with Crippen molar-refractivity contribution >= 4 is 35.0 Å². The molecule has 2 aromatic carbocycles. The number of likely N-dealkylation sites (N-methyl/N-ethyl adjacent to an activating group) is 1. The van der Waals surface area contributed by atoms with Crippen LogP contribution in [0.1, 0.15) is 37.9 Å². The van der Waals surface area contributed by atoms with E-state index >= 15 is 0 Å². The molecule has 1 aliphatic heterocycles. The Kier molecular flexibility index (Phi) is 7.71. The minimum atomic E-state index is -0.996. The van der Waals surface area contributed by atoms with Gasteiger partial charge in [0.2, 0.25) is 11.8 Å². The summed E-state index contributed by atoms with van der Waals surface area (Å²) in [6.45, 7) is 5.53. The number of hydrogen-bond donors (Lipinski definition) is 3. The van der Waals surface area contributed by atoms with Crippen LogP contribution in [0.3, 0.4) is 0 Å². The van der Waals surface area contributed by atoms with Crippen LogP contribution in [-0.4, -0.2) is 41.8 Å². The molecule has 0 saturated heterocycles. The Labute approximate surface area is 197 Å². The van der Waals surface area contributed by atoms with Crippen LogP contribution in [0.4, 0.5) is 10.1 Å². The van der Waals surface area contributed by atoms with E-state index < -0.39 is 35.8 Å². The van der Waals surface area contributed by atoms with E-state index in [1.807, 2.05) is 26.0 Å². The van der Waals surface area contributed by atoms with E-state index in [2.05, 4.69) is 16.0 Å². The van der Waals surface area contributed by atoms with Crippen LogP contribution in [-0.2, 0) is 20.9 Å². The van der Waals surface area contributed by atoms with Gasteiger partial charge in [-0.05, 0) is 43.1 Å². The summed E-state index contributed by atoms with van der Waals surface area (Å²) in [5, 5.41) is 8.24. The SMILES string of the molecule is CN[C@@H](C)C(=O)N[C@H](C(=O)N1Cc2ccccc2[C@H]1C(=O)Nc1c(F)cccc1Cl)C(C)C. The number of nitrogens with one attached hydrogen (secondary N) is 3. The fourth-order valence-corrected chi connectivity index (χ4v) is 4.00. The summed E-state index contributed by atoms with van der Waals surface area (Å²) >= 11 is 6.08. The fourth-order valence-electron chi connectivity index (χ4n) is 3.79. The zero-order valence-electron chi connectivity index (χ0n) is 19.0. The molecule has 0 radical (unpaired) electrons. The second kappa shape index (κ2) is 10.3. The predicted molar refractivity (Wildman–Crippen MR) is 125 cm³/mol. The van der Waals surface area contributed by atoms with Crippen molar-refractivity contribution < 1.29 is 18.8 Å². The Hall–Kier alpha value is -2.97. The summed E-state index contributed by atoms with van der Waals surface area (Å²) in [5.74, 6) is -2.19. The molecule has 0 saturated carbocycles. The Morgan fingerprint density at radius 3 is 2.42 bits per heavy atom. The Morgan fingerprint density at radius 2 is 1.79 bits per heavy atom. The van der Waals surface area contributed by atoms with Gasteiger partial charge in [-0.3, -0.25) is 14.4 Å². The Bertz CT molecular complexity index is 1040. The second-order valence-corrected chi connectivity index (χ2v) is 8.80. The number of halogens is 2. The summed E-state index contributed by atoms with van der Waals surface area (Å²) in [6.07, 6.45) is 0. The monoisotopic (exact) mass is 474 g/mol. The molecular weight excluding hydrogens is 447 g/mol. The lowest BCUT2D eigenvalue weighted by Gasteiger charge is -2.31. The highest BCUT2D eigenvalue weighted by Crippen LogP contribution is 2.36. The van der Waals surface area contributed by atoms with Gasteiger partial charge in [-0.15, -0.1) is 0 Å². The van der Waals surface area contributed by atoms with Gasteiger partial charge in [0.15, 0.2) is 0 Å². The number of benzene rings is 2. The van der Waals surface area contributed by atoms with E-state index in [9.17, 15) is 18.8 Å². The van der Waals surface area contributed by atoms with Crippen LogP contribution in [0, 0.1) is 11.7 Å². The maximum atomic E-state index is 14.3. The van der Waals surface area contributed by atoms with Gasteiger partial charge in [0, 0.05) is 6.54 Å². The van der Waals surface area contributed by atoms with Gasteiger partial charge in [0.05, 0.1) is 16.8 Å². The van der Waals surface area contributed by atoms with E-state index in [0.29, 0.717) is 5.56 Å². The van der Waals surface area contributed by atoms with Crippen molar-refractivity contribution in [3.05, 3.63) is 64.4 Å². The number of carbonyl (C=O) groups excluding carboxylic acids is 3.